The molecule has 0 aromatic rings. The smallest absolute Gasteiger partial charge is 0.381 e. The van der Waals surface area contributed by atoms with E-state index in [2.05, 4.69) is 0 Å². The molecule has 0 aliphatic heterocycles. The summed E-state index contributed by atoms with van der Waals surface area (Å²) in [4.78, 5) is 0. The van der Waals surface area contributed by atoms with Gasteiger partial charge in [0.25, 0.3) is 0 Å². The van der Waals surface area contributed by atoms with Gasteiger partial charge in [-0.25, -0.2) is 0 Å². The molecular weight excluding hydrogens is 212 g/mol. The summed E-state index contributed by atoms with van der Waals surface area (Å²) in [6, 6.07) is 1.96. The zero-order valence-electron chi connectivity index (χ0n) is 5.11. The van der Waals surface area contributed by atoms with Gasteiger partial charge in [-0.3, -0.25) is 0 Å². The number of hydrogen-bond donors (Lipinski definition) is 0. The summed E-state index contributed by atoms with van der Waals surface area (Å²) >= 11 is 16.1. The maximum absolute atomic E-state index is 8.10. The Kier molecular flexibility index (Phi) is 5.50. The molecule has 0 saturated heterocycles. The molecule has 0 aromatic heterocycles. The predicted octanol–water partition coefficient (Wildman–Crippen LogP) is 2.46. The Morgan fingerprint density at radius 2 is 2.00 bits per heavy atom. The molecule has 0 radical (unpaired) electrons. The summed E-state index contributed by atoms with van der Waals surface area (Å²) < 4.78 is 4.82. The van der Waals surface area contributed by atoms with E-state index in [4.69, 9.17) is 42.9 Å². The van der Waals surface area contributed by atoms with Crippen LogP contribution in [0.3, 0.4) is 0 Å². The zero-order chi connectivity index (χ0) is 8.04. The molecule has 0 spiro atoms. The van der Waals surface area contributed by atoms with Gasteiger partial charge in [0.2, 0.25) is 0 Å². The summed E-state index contributed by atoms with van der Waals surface area (Å²) in [5.74, 6) is 0. The number of rotatable bonds is 4. The van der Waals surface area contributed by atoms with Gasteiger partial charge in [-0.1, -0.05) is 33.2 Å². The molecule has 0 fully saturated rings. The Morgan fingerprint density at radius 1 is 1.40 bits per heavy atom. The second-order valence-corrected chi connectivity index (χ2v) is 9.27. The van der Waals surface area contributed by atoms with Gasteiger partial charge in [-0.05, 0) is 6.42 Å². The quantitative estimate of drug-likeness (QED) is 0.413. The van der Waals surface area contributed by atoms with Crippen LogP contribution in [0.2, 0.25) is 0 Å². The summed E-state index contributed by atoms with van der Waals surface area (Å²) in [6.45, 7) is 0.357. The van der Waals surface area contributed by atoms with Crippen molar-refractivity contribution in [2.24, 2.45) is 0 Å². The summed E-state index contributed by atoms with van der Waals surface area (Å²) in [6.07, 6.45) is -1.84. The molecular formula is C4H6Cl3NOSi. The third kappa shape index (κ3) is 8.54. The lowest BCUT2D eigenvalue weighted by Crippen LogP contribution is -2.16. The number of nitriles is 1. The average Bonchev–Trinajstić information content (AvgIpc) is 1.78. The third-order valence-corrected chi connectivity index (χ3v) is 2.21. The molecule has 0 amide bonds. The lowest BCUT2D eigenvalue weighted by molar-refractivity contribution is 0.330. The van der Waals surface area contributed by atoms with E-state index in [0.717, 1.165) is 0 Å². The molecule has 0 saturated carbocycles. The first-order valence-electron chi connectivity index (χ1n) is 2.64. The Balaban J connectivity index is 3.14. The van der Waals surface area contributed by atoms with E-state index in [1.54, 1.807) is 0 Å². The number of unbranched alkanes of at least 4 members (excludes halogenated alkanes) is 1. The van der Waals surface area contributed by atoms with E-state index >= 15 is 0 Å². The SMILES string of the molecule is N#CCCCO[Si](Cl)(Cl)Cl. The van der Waals surface area contributed by atoms with E-state index in [1.165, 1.54) is 0 Å². The van der Waals surface area contributed by atoms with Crippen molar-refractivity contribution < 1.29 is 4.43 Å². The topological polar surface area (TPSA) is 33.0 Å². The molecule has 10 heavy (non-hydrogen) atoms. The maximum Gasteiger partial charge on any atom is 0.493 e. The monoisotopic (exact) mass is 217 g/mol. The minimum absolute atomic E-state index is 0.357. The van der Waals surface area contributed by atoms with Crippen molar-refractivity contribution >= 4 is 39.5 Å². The molecule has 0 bridgehead atoms. The van der Waals surface area contributed by atoms with Crippen LogP contribution < -0.4 is 0 Å². The van der Waals surface area contributed by atoms with Gasteiger partial charge in [0.05, 0.1) is 6.07 Å². The van der Waals surface area contributed by atoms with Crippen LogP contribution in [-0.4, -0.2) is 12.9 Å². The van der Waals surface area contributed by atoms with Crippen LogP contribution in [0.4, 0.5) is 0 Å². The fourth-order valence-electron chi connectivity index (χ4n) is 0.339. The maximum atomic E-state index is 8.10. The first-order chi connectivity index (χ1) is 4.56. The van der Waals surface area contributed by atoms with E-state index in [9.17, 15) is 0 Å². The standard InChI is InChI=1S/C4H6Cl3NOSi/c5-10(6,7)9-4-2-1-3-8/h1-2,4H2. The van der Waals surface area contributed by atoms with Crippen LogP contribution in [0.5, 0.6) is 0 Å². The van der Waals surface area contributed by atoms with Crippen molar-refractivity contribution in [3.8, 4) is 6.07 Å². The second kappa shape index (κ2) is 5.22. The number of hydrogen-bond acceptors (Lipinski definition) is 2. The van der Waals surface area contributed by atoms with Crippen molar-refractivity contribution in [1.82, 2.24) is 0 Å². The van der Waals surface area contributed by atoms with Crippen LogP contribution in [0, 0.1) is 11.3 Å². The third-order valence-electron chi connectivity index (χ3n) is 0.699. The fourth-order valence-corrected chi connectivity index (χ4v) is 1.41. The van der Waals surface area contributed by atoms with Gasteiger partial charge >= 0.3 is 6.25 Å². The molecule has 0 aromatic carbocycles. The average molecular weight is 219 g/mol. The number of halogens is 3. The van der Waals surface area contributed by atoms with Gasteiger partial charge in [0, 0.05) is 13.0 Å². The highest BCUT2D eigenvalue weighted by Crippen LogP contribution is 2.20. The van der Waals surface area contributed by atoms with Crippen LogP contribution in [0.25, 0.3) is 0 Å². The zero-order valence-corrected chi connectivity index (χ0v) is 8.38. The predicted molar refractivity (Wildman–Crippen MR) is 44.1 cm³/mol. The molecule has 0 unspecified atom stereocenters. The molecule has 0 aliphatic rings. The molecule has 6 heteroatoms. The highest BCUT2D eigenvalue weighted by Gasteiger charge is 2.26. The first kappa shape index (κ1) is 10.5. The van der Waals surface area contributed by atoms with Gasteiger partial charge in [0.15, 0.2) is 0 Å². The van der Waals surface area contributed by atoms with Crippen LogP contribution in [-0.2, 0) is 4.43 Å². The summed E-state index contributed by atoms with van der Waals surface area (Å²) in [5.41, 5.74) is 0. The number of nitrogens with zero attached hydrogens (tertiary/aromatic N) is 1. The highest BCUT2D eigenvalue weighted by molar-refractivity contribution is 7.62. The van der Waals surface area contributed by atoms with Crippen molar-refractivity contribution in [3.05, 3.63) is 0 Å². The first-order valence-corrected chi connectivity index (χ1v) is 7.58. The van der Waals surface area contributed by atoms with Crippen molar-refractivity contribution in [2.45, 2.75) is 12.8 Å². The van der Waals surface area contributed by atoms with Crippen LogP contribution >= 0.6 is 33.2 Å². The van der Waals surface area contributed by atoms with E-state index in [1.807, 2.05) is 6.07 Å². The molecule has 0 rings (SSSR count). The summed E-state index contributed by atoms with van der Waals surface area (Å²) in [5, 5.41) is 8.10. The Morgan fingerprint density at radius 3 is 2.40 bits per heavy atom. The molecule has 2 nitrogen and oxygen atoms in total. The Hall–Kier alpha value is 0.537. The molecule has 0 atom stereocenters. The molecule has 0 aliphatic carbocycles. The van der Waals surface area contributed by atoms with Gasteiger partial charge < -0.3 is 4.43 Å². The fraction of sp³-hybridized carbons (Fsp3) is 0.750. The Bertz CT molecular complexity index is 129. The minimum atomic E-state index is -2.90. The van der Waals surface area contributed by atoms with E-state index in [-0.39, 0.29) is 0 Å². The van der Waals surface area contributed by atoms with Gasteiger partial charge in [-0.15, -0.1) is 0 Å². The summed E-state index contributed by atoms with van der Waals surface area (Å²) in [7, 11) is 0. The Labute approximate surface area is 74.9 Å². The highest BCUT2D eigenvalue weighted by atomic mass is 35.8. The van der Waals surface area contributed by atoms with Gasteiger partial charge in [-0.2, -0.15) is 5.26 Å². The lowest BCUT2D eigenvalue weighted by Gasteiger charge is -2.06. The largest absolute Gasteiger partial charge is 0.493 e. The molecule has 0 heterocycles. The van der Waals surface area contributed by atoms with Crippen LogP contribution in [0.15, 0.2) is 0 Å². The normalized spacial score (nSPS) is 11.0. The molecule has 58 valence electrons. The van der Waals surface area contributed by atoms with Crippen LogP contribution in [0.1, 0.15) is 12.8 Å². The van der Waals surface area contributed by atoms with Crippen molar-refractivity contribution in [1.29, 1.82) is 5.26 Å². The van der Waals surface area contributed by atoms with Crippen molar-refractivity contribution in [2.75, 3.05) is 6.61 Å². The van der Waals surface area contributed by atoms with Crippen molar-refractivity contribution in [3.63, 3.8) is 0 Å². The van der Waals surface area contributed by atoms with E-state index in [0.29, 0.717) is 19.4 Å². The second-order valence-electron chi connectivity index (χ2n) is 1.56. The van der Waals surface area contributed by atoms with E-state index < -0.39 is 6.25 Å². The lowest BCUT2D eigenvalue weighted by atomic mass is 10.4. The van der Waals surface area contributed by atoms with Gasteiger partial charge in [0.1, 0.15) is 0 Å². The minimum Gasteiger partial charge on any atom is -0.381 e. The molecule has 0 N–H and O–H groups in total.